The Labute approximate surface area is 120 Å². The Morgan fingerprint density at radius 3 is 2.90 bits per heavy atom. The van der Waals surface area contributed by atoms with Crippen molar-refractivity contribution in [3.05, 3.63) is 23.8 Å². The van der Waals surface area contributed by atoms with Crippen LogP contribution in [0.3, 0.4) is 0 Å². The van der Waals surface area contributed by atoms with Crippen molar-refractivity contribution >= 4 is 15.7 Å². The SMILES string of the molecule is C#CCN(CC1CC1)S(=O)(=O)c1ccc2c(c1)NCC2. The molecule has 3 rings (SSSR count). The molecule has 1 aliphatic carbocycles. The smallest absolute Gasteiger partial charge is 0.244 e. The summed E-state index contributed by atoms with van der Waals surface area (Å²) in [6, 6.07) is 5.32. The summed E-state index contributed by atoms with van der Waals surface area (Å²) >= 11 is 0. The average Bonchev–Trinajstić information content (AvgIpc) is 3.12. The summed E-state index contributed by atoms with van der Waals surface area (Å²) in [5.41, 5.74) is 2.10. The third-order valence-corrected chi connectivity index (χ3v) is 5.66. The van der Waals surface area contributed by atoms with E-state index in [4.69, 9.17) is 6.42 Å². The average molecular weight is 290 g/mol. The predicted octanol–water partition coefficient (Wildman–Crippen LogP) is 1.69. The van der Waals surface area contributed by atoms with Gasteiger partial charge >= 0.3 is 0 Å². The molecule has 0 spiro atoms. The van der Waals surface area contributed by atoms with Crippen LogP contribution in [0.5, 0.6) is 0 Å². The number of sulfonamides is 1. The molecule has 1 aromatic carbocycles. The molecule has 1 saturated carbocycles. The molecule has 0 atom stereocenters. The van der Waals surface area contributed by atoms with Crippen LogP contribution in [0.15, 0.2) is 23.1 Å². The molecule has 0 saturated heterocycles. The summed E-state index contributed by atoms with van der Waals surface area (Å²) in [4.78, 5) is 0.335. The van der Waals surface area contributed by atoms with Crippen LogP contribution in [0, 0.1) is 18.3 Å². The Bertz CT molecular complexity index is 657. The topological polar surface area (TPSA) is 49.4 Å². The van der Waals surface area contributed by atoms with Crippen molar-refractivity contribution in [3.63, 3.8) is 0 Å². The van der Waals surface area contributed by atoms with Crippen molar-refractivity contribution < 1.29 is 8.42 Å². The number of fused-ring (bicyclic) bond motifs is 1. The van der Waals surface area contributed by atoms with Gasteiger partial charge in [-0.25, -0.2) is 8.42 Å². The van der Waals surface area contributed by atoms with Gasteiger partial charge in [0.25, 0.3) is 0 Å². The molecular weight excluding hydrogens is 272 g/mol. The van der Waals surface area contributed by atoms with Crippen LogP contribution in [0.2, 0.25) is 0 Å². The fraction of sp³-hybridized carbons (Fsp3) is 0.467. The molecule has 2 aliphatic rings. The third-order valence-electron chi connectivity index (χ3n) is 3.86. The van der Waals surface area contributed by atoms with Crippen LogP contribution in [-0.2, 0) is 16.4 Å². The van der Waals surface area contributed by atoms with Crippen molar-refractivity contribution in [2.45, 2.75) is 24.2 Å². The van der Waals surface area contributed by atoms with Gasteiger partial charge in [-0.05, 0) is 42.9 Å². The number of nitrogens with zero attached hydrogens (tertiary/aromatic N) is 1. The molecule has 0 aromatic heterocycles. The van der Waals surface area contributed by atoms with Crippen LogP contribution < -0.4 is 5.32 Å². The van der Waals surface area contributed by atoms with Gasteiger partial charge < -0.3 is 5.32 Å². The van der Waals surface area contributed by atoms with Gasteiger partial charge in [0.1, 0.15) is 0 Å². The zero-order valence-electron chi connectivity index (χ0n) is 11.3. The van der Waals surface area contributed by atoms with E-state index in [1.807, 2.05) is 6.07 Å². The second kappa shape index (κ2) is 5.12. The number of terminal acetylenes is 1. The van der Waals surface area contributed by atoms with Crippen LogP contribution in [0.4, 0.5) is 5.69 Å². The lowest BCUT2D eigenvalue weighted by atomic mass is 10.2. The van der Waals surface area contributed by atoms with Crippen LogP contribution in [-0.4, -0.2) is 32.4 Å². The molecule has 106 valence electrons. The third kappa shape index (κ3) is 2.54. The predicted molar refractivity (Wildman–Crippen MR) is 79.0 cm³/mol. The summed E-state index contributed by atoms with van der Waals surface area (Å²) < 4.78 is 26.8. The largest absolute Gasteiger partial charge is 0.384 e. The van der Waals surface area contributed by atoms with Gasteiger partial charge in [-0.2, -0.15) is 4.31 Å². The molecule has 1 fully saturated rings. The molecule has 0 radical (unpaired) electrons. The maximum Gasteiger partial charge on any atom is 0.244 e. The summed E-state index contributed by atoms with van der Waals surface area (Å²) in [6.07, 6.45) is 8.47. The second-order valence-corrected chi connectivity index (χ2v) is 7.38. The lowest BCUT2D eigenvalue weighted by Crippen LogP contribution is -2.33. The molecule has 4 nitrogen and oxygen atoms in total. The number of hydrogen-bond acceptors (Lipinski definition) is 3. The van der Waals surface area contributed by atoms with Crippen molar-refractivity contribution in [2.75, 3.05) is 25.0 Å². The normalized spacial score (nSPS) is 17.6. The van der Waals surface area contributed by atoms with Gasteiger partial charge in [-0.15, -0.1) is 6.42 Å². The van der Waals surface area contributed by atoms with Crippen LogP contribution in [0.1, 0.15) is 18.4 Å². The Hall–Kier alpha value is -1.51. The van der Waals surface area contributed by atoms with Gasteiger partial charge in [-0.3, -0.25) is 0 Å². The molecule has 1 N–H and O–H groups in total. The number of rotatable bonds is 5. The first kappa shape index (κ1) is 13.5. The quantitative estimate of drug-likeness (QED) is 0.840. The van der Waals surface area contributed by atoms with E-state index in [-0.39, 0.29) is 6.54 Å². The van der Waals surface area contributed by atoms with Crippen LogP contribution in [0.25, 0.3) is 0 Å². The van der Waals surface area contributed by atoms with Crippen molar-refractivity contribution in [1.29, 1.82) is 0 Å². The molecule has 0 unspecified atom stereocenters. The van der Waals surface area contributed by atoms with E-state index in [0.717, 1.165) is 31.5 Å². The van der Waals surface area contributed by atoms with E-state index in [2.05, 4.69) is 11.2 Å². The van der Waals surface area contributed by atoms with Gasteiger partial charge in [0.15, 0.2) is 0 Å². The van der Waals surface area contributed by atoms with Gasteiger partial charge in [-0.1, -0.05) is 12.0 Å². The minimum atomic E-state index is -3.49. The Kier molecular flexibility index (Phi) is 3.45. The molecule has 1 aliphatic heterocycles. The highest BCUT2D eigenvalue weighted by molar-refractivity contribution is 7.89. The zero-order chi connectivity index (χ0) is 14.2. The number of anilines is 1. The monoisotopic (exact) mass is 290 g/mol. The van der Waals surface area contributed by atoms with Crippen LogP contribution >= 0.6 is 0 Å². The lowest BCUT2D eigenvalue weighted by molar-refractivity contribution is 0.430. The Balaban J connectivity index is 1.90. The van der Waals surface area contributed by atoms with Crippen molar-refractivity contribution in [2.24, 2.45) is 5.92 Å². The highest BCUT2D eigenvalue weighted by Crippen LogP contribution is 2.32. The number of hydrogen-bond donors (Lipinski definition) is 1. The lowest BCUT2D eigenvalue weighted by Gasteiger charge is -2.20. The first-order chi connectivity index (χ1) is 9.61. The van der Waals surface area contributed by atoms with E-state index >= 15 is 0 Å². The number of benzene rings is 1. The molecule has 0 amide bonds. The van der Waals surface area contributed by atoms with E-state index in [1.54, 1.807) is 12.1 Å². The zero-order valence-corrected chi connectivity index (χ0v) is 12.1. The van der Waals surface area contributed by atoms with E-state index in [0.29, 0.717) is 17.4 Å². The minimum absolute atomic E-state index is 0.142. The first-order valence-corrected chi connectivity index (χ1v) is 8.35. The summed E-state index contributed by atoms with van der Waals surface area (Å²) in [5.74, 6) is 2.94. The molecular formula is C15H18N2O2S. The van der Waals surface area contributed by atoms with E-state index in [1.165, 1.54) is 9.87 Å². The molecule has 5 heteroatoms. The fourth-order valence-corrected chi connectivity index (χ4v) is 3.97. The molecule has 1 heterocycles. The van der Waals surface area contributed by atoms with Gasteiger partial charge in [0.2, 0.25) is 10.0 Å². The molecule has 0 bridgehead atoms. The summed E-state index contributed by atoms with van der Waals surface area (Å²) in [5, 5.41) is 3.21. The second-order valence-electron chi connectivity index (χ2n) is 5.44. The maximum atomic E-state index is 12.7. The standard InChI is InChI=1S/C15H18N2O2S/c1-2-9-17(11-12-3-4-12)20(18,19)14-6-5-13-7-8-16-15(13)10-14/h1,5-6,10,12,16H,3-4,7-9,11H2. The fourth-order valence-electron chi connectivity index (χ4n) is 2.52. The molecule has 20 heavy (non-hydrogen) atoms. The van der Waals surface area contributed by atoms with Crippen molar-refractivity contribution in [3.8, 4) is 12.3 Å². The molecule has 1 aromatic rings. The summed E-state index contributed by atoms with van der Waals surface area (Å²) in [6.45, 7) is 1.55. The van der Waals surface area contributed by atoms with E-state index < -0.39 is 10.0 Å². The van der Waals surface area contributed by atoms with Gasteiger partial charge in [0, 0.05) is 18.8 Å². The Morgan fingerprint density at radius 1 is 1.40 bits per heavy atom. The van der Waals surface area contributed by atoms with E-state index in [9.17, 15) is 8.42 Å². The number of nitrogens with one attached hydrogen (secondary N) is 1. The maximum absolute atomic E-state index is 12.7. The Morgan fingerprint density at radius 2 is 2.20 bits per heavy atom. The highest BCUT2D eigenvalue weighted by Gasteiger charge is 2.31. The summed E-state index contributed by atoms with van der Waals surface area (Å²) in [7, 11) is -3.49. The highest BCUT2D eigenvalue weighted by atomic mass is 32.2. The first-order valence-electron chi connectivity index (χ1n) is 6.91. The van der Waals surface area contributed by atoms with Gasteiger partial charge in [0.05, 0.1) is 11.4 Å². The minimum Gasteiger partial charge on any atom is -0.384 e. The van der Waals surface area contributed by atoms with Crippen molar-refractivity contribution in [1.82, 2.24) is 4.31 Å².